The molecule has 1 atom stereocenters. The van der Waals surface area contributed by atoms with E-state index in [0.29, 0.717) is 17.1 Å². The Balaban J connectivity index is 1.31. The van der Waals surface area contributed by atoms with Crippen LogP contribution in [0.5, 0.6) is 11.5 Å². The summed E-state index contributed by atoms with van der Waals surface area (Å²) >= 11 is 0. The number of hydrogen-bond acceptors (Lipinski definition) is 6. The molecule has 2 heterocycles. The Morgan fingerprint density at radius 2 is 1.90 bits per heavy atom. The van der Waals surface area contributed by atoms with Crippen molar-refractivity contribution in [1.29, 1.82) is 0 Å². The van der Waals surface area contributed by atoms with E-state index >= 15 is 0 Å². The summed E-state index contributed by atoms with van der Waals surface area (Å²) in [5.41, 5.74) is 3.04. The minimum Gasteiger partial charge on any atom is -0.454 e. The number of nitrogens with zero attached hydrogens (tertiary/aromatic N) is 2. The highest BCUT2D eigenvalue weighted by atomic mass is 16.7. The van der Waals surface area contributed by atoms with Gasteiger partial charge >= 0.3 is 5.97 Å². The van der Waals surface area contributed by atoms with Crippen LogP contribution in [-0.4, -0.2) is 34.6 Å². The first-order valence-electron chi connectivity index (χ1n) is 9.49. The number of ether oxygens (including phenoxy) is 3. The van der Waals surface area contributed by atoms with Crippen LogP contribution in [0.2, 0.25) is 0 Å². The van der Waals surface area contributed by atoms with Crippen molar-refractivity contribution in [2.45, 2.75) is 26.5 Å². The van der Waals surface area contributed by atoms with E-state index < -0.39 is 12.1 Å². The Hall–Kier alpha value is -3.81. The van der Waals surface area contributed by atoms with Crippen molar-refractivity contribution >= 4 is 11.9 Å². The summed E-state index contributed by atoms with van der Waals surface area (Å²) in [4.78, 5) is 24.7. The van der Waals surface area contributed by atoms with Crippen LogP contribution in [0.4, 0.5) is 0 Å². The van der Waals surface area contributed by atoms with Gasteiger partial charge in [0.05, 0.1) is 11.3 Å². The molecule has 3 aromatic rings. The van der Waals surface area contributed by atoms with Crippen molar-refractivity contribution in [2.24, 2.45) is 0 Å². The van der Waals surface area contributed by atoms with Crippen LogP contribution in [0, 0.1) is 6.92 Å². The molecule has 154 valence electrons. The lowest BCUT2D eigenvalue weighted by molar-refractivity contribution is -0.129. The van der Waals surface area contributed by atoms with Gasteiger partial charge in [-0.1, -0.05) is 6.07 Å². The first-order chi connectivity index (χ1) is 14.5. The molecule has 0 bridgehead atoms. The maximum atomic E-state index is 12.4. The van der Waals surface area contributed by atoms with Crippen LogP contribution in [0.25, 0.3) is 5.69 Å². The molecule has 1 aliphatic heterocycles. The zero-order valence-electron chi connectivity index (χ0n) is 16.6. The average molecular weight is 407 g/mol. The molecule has 0 saturated heterocycles. The first-order valence-corrected chi connectivity index (χ1v) is 9.49. The summed E-state index contributed by atoms with van der Waals surface area (Å²) in [5.74, 6) is 0.380. The zero-order valence-corrected chi connectivity index (χ0v) is 16.6. The summed E-state index contributed by atoms with van der Waals surface area (Å²) < 4.78 is 17.7. The van der Waals surface area contributed by atoms with Gasteiger partial charge in [-0.25, -0.2) is 9.48 Å². The van der Waals surface area contributed by atoms with E-state index in [2.05, 4.69) is 10.4 Å². The number of carbonyl (C=O) groups is 2. The van der Waals surface area contributed by atoms with Gasteiger partial charge in [-0.3, -0.25) is 4.79 Å². The van der Waals surface area contributed by atoms with Crippen LogP contribution in [0.1, 0.15) is 28.5 Å². The van der Waals surface area contributed by atoms with Crippen molar-refractivity contribution in [3.8, 4) is 17.2 Å². The maximum Gasteiger partial charge on any atom is 0.338 e. The van der Waals surface area contributed by atoms with E-state index in [1.165, 1.54) is 6.92 Å². The molecule has 4 rings (SSSR count). The third-order valence-corrected chi connectivity index (χ3v) is 4.74. The van der Waals surface area contributed by atoms with Gasteiger partial charge in [0.15, 0.2) is 17.6 Å². The topological polar surface area (TPSA) is 91.7 Å². The Bertz CT molecular complexity index is 1070. The normalized spacial score (nSPS) is 13.0. The third kappa shape index (κ3) is 4.12. The lowest BCUT2D eigenvalue weighted by Gasteiger charge is -2.14. The van der Waals surface area contributed by atoms with E-state index in [1.807, 2.05) is 25.1 Å². The van der Waals surface area contributed by atoms with Gasteiger partial charge in [-0.05, 0) is 61.9 Å². The van der Waals surface area contributed by atoms with Crippen LogP contribution < -0.4 is 14.8 Å². The summed E-state index contributed by atoms with van der Waals surface area (Å²) in [6.45, 7) is 3.96. The second kappa shape index (κ2) is 8.28. The number of esters is 1. The highest BCUT2D eigenvalue weighted by Gasteiger charge is 2.19. The molecule has 1 aliphatic rings. The van der Waals surface area contributed by atoms with Gasteiger partial charge in [0, 0.05) is 18.4 Å². The van der Waals surface area contributed by atoms with Crippen molar-refractivity contribution in [3.63, 3.8) is 0 Å². The number of benzene rings is 2. The molecule has 0 radical (unpaired) electrons. The predicted octanol–water partition coefficient (Wildman–Crippen LogP) is 2.77. The maximum absolute atomic E-state index is 12.4. The van der Waals surface area contributed by atoms with Crippen LogP contribution in [0.15, 0.2) is 54.7 Å². The van der Waals surface area contributed by atoms with Gasteiger partial charge in [0.25, 0.3) is 5.91 Å². The second-order valence-corrected chi connectivity index (χ2v) is 6.88. The van der Waals surface area contributed by atoms with Crippen LogP contribution in [0.3, 0.4) is 0 Å². The number of fused-ring (bicyclic) bond motifs is 1. The number of hydrogen-bond donors (Lipinski definition) is 1. The fourth-order valence-corrected chi connectivity index (χ4v) is 3.04. The molecular formula is C22H21N3O5. The Morgan fingerprint density at radius 1 is 1.13 bits per heavy atom. The quantitative estimate of drug-likeness (QED) is 0.632. The lowest BCUT2D eigenvalue weighted by atomic mass is 10.2. The number of amides is 1. The largest absolute Gasteiger partial charge is 0.454 e. The SMILES string of the molecule is Cc1ccnn1-c1ccc(C(=O)O[C@H](C)C(=O)NCc2ccc3c(c2)OCO3)cc1. The molecule has 1 amide bonds. The molecule has 0 aliphatic carbocycles. The van der Waals surface area contributed by atoms with Gasteiger partial charge < -0.3 is 19.5 Å². The summed E-state index contributed by atoms with van der Waals surface area (Å²) in [5, 5.41) is 6.99. The van der Waals surface area contributed by atoms with Gasteiger partial charge in [-0.2, -0.15) is 5.10 Å². The van der Waals surface area contributed by atoms with Crippen molar-refractivity contribution < 1.29 is 23.8 Å². The van der Waals surface area contributed by atoms with E-state index in [-0.39, 0.29) is 19.2 Å². The summed E-state index contributed by atoms with van der Waals surface area (Å²) in [7, 11) is 0. The highest BCUT2D eigenvalue weighted by molar-refractivity contribution is 5.92. The summed E-state index contributed by atoms with van der Waals surface area (Å²) in [6.07, 6.45) is 0.779. The van der Waals surface area contributed by atoms with Crippen LogP contribution in [-0.2, 0) is 16.1 Å². The Labute approximate surface area is 173 Å². The standard InChI is InChI=1S/C22H21N3O5/c1-14-9-10-24-25(14)18-6-4-17(5-7-18)22(27)30-15(2)21(26)23-12-16-3-8-19-20(11-16)29-13-28-19/h3-11,15H,12-13H2,1-2H3,(H,23,26)/t15-/m1/s1. The van der Waals surface area contributed by atoms with Crippen molar-refractivity contribution in [1.82, 2.24) is 15.1 Å². The molecule has 30 heavy (non-hydrogen) atoms. The fraction of sp³-hybridized carbons (Fsp3) is 0.227. The number of rotatable bonds is 6. The van der Waals surface area contributed by atoms with Crippen molar-refractivity contribution in [2.75, 3.05) is 6.79 Å². The average Bonchev–Trinajstić information content (AvgIpc) is 3.40. The van der Waals surface area contributed by atoms with E-state index in [4.69, 9.17) is 14.2 Å². The molecule has 0 saturated carbocycles. The zero-order chi connectivity index (χ0) is 21.1. The van der Waals surface area contributed by atoms with E-state index in [1.54, 1.807) is 41.2 Å². The molecule has 1 N–H and O–H groups in total. The smallest absolute Gasteiger partial charge is 0.338 e. The molecule has 8 heteroatoms. The molecule has 0 spiro atoms. The summed E-state index contributed by atoms with van der Waals surface area (Å²) in [6, 6.07) is 14.2. The molecular weight excluding hydrogens is 386 g/mol. The Kier molecular flexibility index (Phi) is 5.38. The monoisotopic (exact) mass is 407 g/mol. The number of aryl methyl sites for hydroxylation is 1. The van der Waals surface area contributed by atoms with Crippen molar-refractivity contribution in [3.05, 3.63) is 71.5 Å². The predicted molar refractivity (Wildman–Crippen MR) is 108 cm³/mol. The third-order valence-electron chi connectivity index (χ3n) is 4.74. The molecule has 0 fully saturated rings. The lowest BCUT2D eigenvalue weighted by Crippen LogP contribution is -2.35. The van der Waals surface area contributed by atoms with Gasteiger partial charge in [0.1, 0.15) is 0 Å². The fourth-order valence-electron chi connectivity index (χ4n) is 3.04. The minimum atomic E-state index is -0.931. The van der Waals surface area contributed by atoms with E-state index in [9.17, 15) is 9.59 Å². The Morgan fingerprint density at radius 3 is 2.63 bits per heavy atom. The minimum absolute atomic E-state index is 0.195. The molecule has 2 aromatic carbocycles. The van der Waals surface area contributed by atoms with E-state index in [0.717, 1.165) is 16.9 Å². The van der Waals surface area contributed by atoms with Crippen LogP contribution >= 0.6 is 0 Å². The molecule has 0 unspecified atom stereocenters. The first kappa shape index (κ1) is 19.5. The number of nitrogens with one attached hydrogen (secondary N) is 1. The molecule has 1 aromatic heterocycles. The number of aromatic nitrogens is 2. The number of carbonyl (C=O) groups excluding carboxylic acids is 2. The highest BCUT2D eigenvalue weighted by Crippen LogP contribution is 2.32. The van der Waals surface area contributed by atoms with Gasteiger partial charge in [0.2, 0.25) is 6.79 Å². The van der Waals surface area contributed by atoms with Gasteiger partial charge in [-0.15, -0.1) is 0 Å². The molecule has 8 nitrogen and oxygen atoms in total. The second-order valence-electron chi connectivity index (χ2n) is 6.88.